The Morgan fingerprint density at radius 3 is 2.56 bits per heavy atom. The molecule has 0 aliphatic carbocycles. The average Bonchev–Trinajstić information content (AvgIpc) is 2.64. The van der Waals surface area contributed by atoms with Crippen LogP contribution < -0.4 is 15.5 Å². The van der Waals surface area contributed by atoms with Gasteiger partial charge < -0.3 is 15.5 Å². The van der Waals surface area contributed by atoms with Crippen molar-refractivity contribution in [2.45, 2.75) is 12.8 Å². The number of hydrogen-bond donors (Lipinski definition) is 2. The van der Waals surface area contributed by atoms with Gasteiger partial charge in [-0.2, -0.15) is 0 Å². The van der Waals surface area contributed by atoms with Crippen LogP contribution in [0.4, 0.5) is 11.4 Å². The standard InChI is InChI=1S/C19H19N3O3/c23-17-13-22(16-10-5-4-9-15(16)21-17)18(24)11-6-12-20-19(25)14-7-2-1-3-8-14/h1-5,7-10H,6,11-13H2,(H,20,25)(H,21,23). The summed E-state index contributed by atoms with van der Waals surface area (Å²) < 4.78 is 0. The molecular formula is C19H19N3O3. The summed E-state index contributed by atoms with van der Waals surface area (Å²) in [5.74, 6) is -0.489. The number of carbonyl (C=O) groups is 3. The first-order chi connectivity index (χ1) is 12.1. The highest BCUT2D eigenvalue weighted by molar-refractivity contribution is 6.09. The zero-order valence-corrected chi connectivity index (χ0v) is 13.7. The first kappa shape index (κ1) is 16.7. The predicted molar refractivity (Wildman–Crippen MR) is 95.4 cm³/mol. The molecule has 0 radical (unpaired) electrons. The molecule has 0 aromatic heterocycles. The van der Waals surface area contributed by atoms with Crippen LogP contribution in [0.5, 0.6) is 0 Å². The number of amides is 3. The largest absolute Gasteiger partial charge is 0.352 e. The molecule has 0 saturated heterocycles. The van der Waals surface area contributed by atoms with Crippen molar-refractivity contribution in [3.63, 3.8) is 0 Å². The summed E-state index contributed by atoms with van der Waals surface area (Å²) in [6.45, 7) is 0.424. The van der Waals surface area contributed by atoms with Crippen LogP contribution >= 0.6 is 0 Å². The Morgan fingerprint density at radius 2 is 1.76 bits per heavy atom. The topological polar surface area (TPSA) is 78.5 Å². The fourth-order valence-corrected chi connectivity index (χ4v) is 2.72. The summed E-state index contributed by atoms with van der Waals surface area (Å²) >= 11 is 0. The fraction of sp³-hybridized carbons (Fsp3) is 0.211. The zero-order chi connectivity index (χ0) is 17.6. The van der Waals surface area contributed by atoms with Gasteiger partial charge in [0.05, 0.1) is 11.4 Å². The highest BCUT2D eigenvalue weighted by atomic mass is 16.2. The third-order valence-corrected chi connectivity index (χ3v) is 3.96. The van der Waals surface area contributed by atoms with Crippen LogP contribution in [-0.4, -0.2) is 30.8 Å². The maximum Gasteiger partial charge on any atom is 0.251 e. The molecule has 0 atom stereocenters. The van der Waals surface area contributed by atoms with Gasteiger partial charge in [0, 0.05) is 18.5 Å². The second-order valence-electron chi connectivity index (χ2n) is 5.77. The van der Waals surface area contributed by atoms with Crippen molar-refractivity contribution in [1.82, 2.24) is 5.32 Å². The highest BCUT2D eigenvalue weighted by Crippen LogP contribution is 2.29. The number of para-hydroxylation sites is 2. The number of anilines is 2. The molecule has 3 amide bonds. The Labute approximate surface area is 145 Å². The van der Waals surface area contributed by atoms with E-state index in [0.717, 1.165) is 0 Å². The SMILES string of the molecule is O=C1CN(C(=O)CCCNC(=O)c2ccccc2)c2ccccc2N1. The lowest BCUT2D eigenvalue weighted by Gasteiger charge is -2.29. The minimum atomic E-state index is -0.204. The van der Waals surface area contributed by atoms with Crippen LogP contribution in [0.3, 0.4) is 0 Å². The third-order valence-electron chi connectivity index (χ3n) is 3.96. The van der Waals surface area contributed by atoms with Gasteiger partial charge >= 0.3 is 0 Å². The van der Waals surface area contributed by atoms with Gasteiger partial charge in [0.25, 0.3) is 5.91 Å². The molecule has 2 N–H and O–H groups in total. The van der Waals surface area contributed by atoms with Crippen LogP contribution in [0.1, 0.15) is 23.2 Å². The van der Waals surface area contributed by atoms with E-state index in [-0.39, 0.29) is 30.7 Å². The summed E-state index contributed by atoms with van der Waals surface area (Å²) in [5, 5.41) is 5.55. The van der Waals surface area contributed by atoms with Crippen molar-refractivity contribution in [2.24, 2.45) is 0 Å². The smallest absolute Gasteiger partial charge is 0.251 e. The van der Waals surface area contributed by atoms with E-state index < -0.39 is 0 Å². The third kappa shape index (κ3) is 4.03. The summed E-state index contributed by atoms with van der Waals surface area (Å²) in [6.07, 6.45) is 0.772. The zero-order valence-electron chi connectivity index (χ0n) is 13.7. The summed E-state index contributed by atoms with van der Waals surface area (Å²) in [4.78, 5) is 37.6. The molecule has 0 unspecified atom stereocenters. The Morgan fingerprint density at radius 1 is 1.04 bits per heavy atom. The lowest BCUT2D eigenvalue weighted by molar-refractivity contribution is -0.122. The molecule has 128 valence electrons. The summed E-state index contributed by atoms with van der Waals surface area (Å²) in [7, 11) is 0. The first-order valence-electron chi connectivity index (χ1n) is 8.17. The molecule has 3 rings (SSSR count). The maximum absolute atomic E-state index is 12.5. The van der Waals surface area contributed by atoms with Crippen molar-refractivity contribution in [3.8, 4) is 0 Å². The maximum atomic E-state index is 12.5. The quantitative estimate of drug-likeness (QED) is 0.821. The molecule has 0 spiro atoms. The molecule has 2 aromatic carbocycles. The van der Waals surface area contributed by atoms with E-state index in [4.69, 9.17) is 0 Å². The molecule has 25 heavy (non-hydrogen) atoms. The van der Waals surface area contributed by atoms with Crippen molar-refractivity contribution in [2.75, 3.05) is 23.3 Å². The Hall–Kier alpha value is -3.15. The Bertz CT molecular complexity index is 790. The first-order valence-corrected chi connectivity index (χ1v) is 8.17. The second-order valence-corrected chi connectivity index (χ2v) is 5.77. The molecule has 0 bridgehead atoms. The molecule has 2 aromatic rings. The second kappa shape index (κ2) is 7.61. The Kier molecular flexibility index (Phi) is 5.09. The minimum Gasteiger partial charge on any atom is -0.352 e. The van der Waals surface area contributed by atoms with Crippen LogP contribution in [0.2, 0.25) is 0 Å². The van der Waals surface area contributed by atoms with Gasteiger partial charge in [-0.1, -0.05) is 30.3 Å². The molecule has 0 fully saturated rings. The van der Waals surface area contributed by atoms with E-state index >= 15 is 0 Å². The van der Waals surface area contributed by atoms with Crippen molar-refractivity contribution >= 4 is 29.1 Å². The van der Waals surface area contributed by atoms with E-state index in [9.17, 15) is 14.4 Å². The lowest BCUT2D eigenvalue weighted by Crippen LogP contribution is -2.42. The summed E-state index contributed by atoms with van der Waals surface area (Å²) in [6, 6.07) is 16.2. The van der Waals surface area contributed by atoms with Gasteiger partial charge in [-0.25, -0.2) is 0 Å². The lowest BCUT2D eigenvalue weighted by atomic mass is 10.1. The number of rotatable bonds is 5. The fourth-order valence-electron chi connectivity index (χ4n) is 2.72. The molecule has 6 heteroatoms. The number of carbonyl (C=O) groups excluding carboxylic acids is 3. The number of hydrogen-bond acceptors (Lipinski definition) is 3. The van der Waals surface area contributed by atoms with Crippen LogP contribution in [0.25, 0.3) is 0 Å². The van der Waals surface area contributed by atoms with E-state index in [1.165, 1.54) is 4.90 Å². The molecular weight excluding hydrogens is 318 g/mol. The Balaban J connectivity index is 1.52. The number of fused-ring (bicyclic) bond motifs is 1. The number of benzene rings is 2. The predicted octanol–water partition coefficient (Wildman–Crippen LogP) is 2.18. The normalized spacial score (nSPS) is 13.0. The van der Waals surface area contributed by atoms with Crippen LogP contribution in [0.15, 0.2) is 54.6 Å². The van der Waals surface area contributed by atoms with Gasteiger partial charge in [-0.3, -0.25) is 14.4 Å². The molecule has 1 aliphatic rings. The molecule has 6 nitrogen and oxygen atoms in total. The van der Waals surface area contributed by atoms with Gasteiger partial charge in [0.2, 0.25) is 11.8 Å². The molecule has 1 aliphatic heterocycles. The van der Waals surface area contributed by atoms with E-state index in [1.807, 2.05) is 24.3 Å². The highest BCUT2D eigenvalue weighted by Gasteiger charge is 2.25. The minimum absolute atomic E-state index is 0.0201. The summed E-state index contributed by atoms with van der Waals surface area (Å²) in [5.41, 5.74) is 1.94. The number of nitrogens with one attached hydrogen (secondary N) is 2. The molecule has 0 saturated carbocycles. The van der Waals surface area contributed by atoms with E-state index in [1.54, 1.807) is 30.3 Å². The monoisotopic (exact) mass is 337 g/mol. The van der Waals surface area contributed by atoms with E-state index in [2.05, 4.69) is 10.6 Å². The van der Waals surface area contributed by atoms with Gasteiger partial charge in [-0.05, 0) is 30.7 Å². The van der Waals surface area contributed by atoms with Crippen molar-refractivity contribution in [1.29, 1.82) is 0 Å². The average molecular weight is 337 g/mol. The van der Waals surface area contributed by atoms with E-state index in [0.29, 0.717) is 29.9 Å². The molecule has 1 heterocycles. The van der Waals surface area contributed by atoms with Crippen molar-refractivity contribution in [3.05, 3.63) is 60.2 Å². The van der Waals surface area contributed by atoms with Crippen LogP contribution in [0, 0.1) is 0 Å². The van der Waals surface area contributed by atoms with Crippen LogP contribution in [-0.2, 0) is 9.59 Å². The van der Waals surface area contributed by atoms with Crippen molar-refractivity contribution < 1.29 is 14.4 Å². The van der Waals surface area contributed by atoms with Gasteiger partial charge in [-0.15, -0.1) is 0 Å². The van der Waals surface area contributed by atoms with Gasteiger partial charge in [0.1, 0.15) is 6.54 Å². The van der Waals surface area contributed by atoms with Gasteiger partial charge in [0.15, 0.2) is 0 Å². The number of nitrogens with zero attached hydrogens (tertiary/aromatic N) is 1.